The third-order valence-electron chi connectivity index (χ3n) is 4.35. The number of amides is 2. The number of hydrogen-bond acceptors (Lipinski definition) is 3. The fraction of sp³-hybridized carbons (Fsp3) is 0.300. The van der Waals surface area contributed by atoms with Gasteiger partial charge >= 0.3 is 6.18 Å². The highest BCUT2D eigenvalue weighted by atomic mass is 19.4. The summed E-state index contributed by atoms with van der Waals surface area (Å²) < 4.78 is 43.4. The second kappa shape index (κ2) is 7.92. The number of nitrogens with zero attached hydrogens (tertiary/aromatic N) is 1. The van der Waals surface area contributed by atoms with Gasteiger partial charge in [-0.3, -0.25) is 9.59 Å². The summed E-state index contributed by atoms with van der Waals surface area (Å²) >= 11 is 0. The lowest BCUT2D eigenvalue weighted by Crippen LogP contribution is -2.36. The molecule has 1 N–H and O–H groups in total. The normalized spacial score (nSPS) is 16.9. The van der Waals surface area contributed by atoms with Crippen molar-refractivity contribution < 1.29 is 27.5 Å². The van der Waals surface area contributed by atoms with Crippen LogP contribution in [-0.2, 0) is 9.59 Å². The number of rotatable bonds is 5. The summed E-state index contributed by atoms with van der Waals surface area (Å²) in [5.41, 5.74) is 1.46. The van der Waals surface area contributed by atoms with Gasteiger partial charge in [0.05, 0.1) is 11.6 Å². The van der Waals surface area contributed by atoms with Gasteiger partial charge in [-0.2, -0.15) is 13.2 Å². The molecule has 2 aromatic carbocycles. The first-order chi connectivity index (χ1) is 13.2. The van der Waals surface area contributed by atoms with Gasteiger partial charge in [-0.15, -0.1) is 0 Å². The van der Waals surface area contributed by atoms with Gasteiger partial charge in [-0.05, 0) is 31.2 Å². The Morgan fingerprint density at radius 3 is 2.54 bits per heavy atom. The van der Waals surface area contributed by atoms with E-state index in [-0.39, 0.29) is 13.0 Å². The van der Waals surface area contributed by atoms with E-state index in [0.29, 0.717) is 22.1 Å². The number of likely N-dealkylation sites (tertiary alicyclic amines) is 1. The Labute approximate surface area is 160 Å². The Morgan fingerprint density at radius 2 is 1.86 bits per heavy atom. The lowest BCUT2D eigenvalue weighted by molar-refractivity contribution is -0.157. The number of para-hydroxylation sites is 2. The Morgan fingerprint density at radius 1 is 1.18 bits per heavy atom. The van der Waals surface area contributed by atoms with Crippen molar-refractivity contribution in [1.82, 2.24) is 4.90 Å². The SMILES string of the molecule is Cc1ccc(Oc2ccccc2NC(=O)C2CC(=O)N(CC(F)(F)F)C2)cc1. The summed E-state index contributed by atoms with van der Waals surface area (Å²) in [6, 6.07) is 14.1. The molecule has 1 aliphatic heterocycles. The van der Waals surface area contributed by atoms with E-state index in [0.717, 1.165) is 5.56 Å². The number of alkyl halides is 3. The molecule has 2 aromatic rings. The molecule has 0 bridgehead atoms. The van der Waals surface area contributed by atoms with E-state index in [4.69, 9.17) is 4.74 Å². The number of carbonyl (C=O) groups is 2. The van der Waals surface area contributed by atoms with Crippen LogP contribution in [0.15, 0.2) is 48.5 Å². The van der Waals surface area contributed by atoms with Crippen LogP contribution in [0.25, 0.3) is 0 Å². The van der Waals surface area contributed by atoms with Gasteiger partial charge in [0.1, 0.15) is 12.3 Å². The lowest BCUT2D eigenvalue weighted by atomic mass is 10.1. The molecule has 148 valence electrons. The quantitative estimate of drug-likeness (QED) is 0.832. The molecule has 0 aliphatic carbocycles. The molecule has 1 atom stereocenters. The fourth-order valence-corrected chi connectivity index (χ4v) is 2.94. The standard InChI is InChI=1S/C20H19F3N2O3/c1-13-6-8-15(9-7-13)28-17-5-3-2-4-16(17)24-19(27)14-10-18(26)25(11-14)12-20(21,22)23/h2-9,14H,10-12H2,1H3,(H,24,27). The topological polar surface area (TPSA) is 58.6 Å². The van der Waals surface area contributed by atoms with Gasteiger partial charge in [-0.25, -0.2) is 0 Å². The van der Waals surface area contributed by atoms with Crippen molar-refractivity contribution in [3.63, 3.8) is 0 Å². The Hall–Kier alpha value is -3.03. The largest absolute Gasteiger partial charge is 0.455 e. The maximum absolute atomic E-state index is 12.5. The maximum Gasteiger partial charge on any atom is 0.406 e. The summed E-state index contributed by atoms with van der Waals surface area (Å²) in [4.78, 5) is 24.9. The minimum absolute atomic E-state index is 0.247. The third-order valence-corrected chi connectivity index (χ3v) is 4.35. The van der Waals surface area contributed by atoms with Crippen LogP contribution < -0.4 is 10.1 Å². The van der Waals surface area contributed by atoms with E-state index in [1.54, 1.807) is 36.4 Å². The number of nitrogens with one attached hydrogen (secondary N) is 1. The van der Waals surface area contributed by atoms with Crippen molar-refractivity contribution in [2.75, 3.05) is 18.4 Å². The molecule has 0 aromatic heterocycles. The highest BCUT2D eigenvalue weighted by molar-refractivity contribution is 5.98. The van der Waals surface area contributed by atoms with Crippen LogP contribution in [0.3, 0.4) is 0 Å². The van der Waals surface area contributed by atoms with Crippen molar-refractivity contribution in [1.29, 1.82) is 0 Å². The van der Waals surface area contributed by atoms with Crippen LogP contribution in [0.2, 0.25) is 0 Å². The predicted molar refractivity (Wildman–Crippen MR) is 97.1 cm³/mol. The van der Waals surface area contributed by atoms with Crippen LogP contribution in [0.4, 0.5) is 18.9 Å². The molecule has 1 aliphatic rings. The Bertz CT molecular complexity index is 866. The van der Waals surface area contributed by atoms with Crippen LogP contribution in [0, 0.1) is 12.8 Å². The zero-order chi connectivity index (χ0) is 20.3. The number of aryl methyl sites for hydroxylation is 1. The summed E-state index contributed by atoms with van der Waals surface area (Å²) in [6.07, 6.45) is -4.74. The maximum atomic E-state index is 12.5. The third kappa shape index (κ3) is 5.03. The number of carbonyl (C=O) groups excluding carboxylic acids is 2. The predicted octanol–water partition coefficient (Wildman–Crippen LogP) is 4.14. The van der Waals surface area contributed by atoms with Gasteiger partial charge in [0.25, 0.3) is 0 Å². The monoisotopic (exact) mass is 392 g/mol. The highest BCUT2D eigenvalue weighted by Crippen LogP contribution is 2.31. The minimum Gasteiger partial charge on any atom is -0.455 e. The highest BCUT2D eigenvalue weighted by Gasteiger charge is 2.40. The van der Waals surface area contributed by atoms with Crippen LogP contribution >= 0.6 is 0 Å². The van der Waals surface area contributed by atoms with E-state index in [1.807, 2.05) is 19.1 Å². The first-order valence-electron chi connectivity index (χ1n) is 8.70. The molecule has 5 nitrogen and oxygen atoms in total. The lowest BCUT2D eigenvalue weighted by Gasteiger charge is -2.18. The minimum atomic E-state index is -4.49. The van der Waals surface area contributed by atoms with Crippen molar-refractivity contribution >= 4 is 17.5 Å². The zero-order valence-electron chi connectivity index (χ0n) is 15.1. The second-order valence-electron chi connectivity index (χ2n) is 6.69. The van der Waals surface area contributed by atoms with E-state index in [1.165, 1.54) is 0 Å². The van der Waals surface area contributed by atoms with Crippen LogP contribution in [0.1, 0.15) is 12.0 Å². The first kappa shape index (κ1) is 19.7. The number of hydrogen-bond donors (Lipinski definition) is 1. The molecule has 3 rings (SSSR count). The summed E-state index contributed by atoms with van der Waals surface area (Å²) in [5, 5.41) is 2.66. The number of halogens is 3. The number of ether oxygens (including phenoxy) is 1. The molecule has 0 spiro atoms. The van der Waals surface area contributed by atoms with Gasteiger partial charge < -0.3 is 15.0 Å². The molecule has 28 heavy (non-hydrogen) atoms. The molecule has 1 fully saturated rings. The van der Waals surface area contributed by atoms with Crippen molar-refractivity contribution in [2.45, 2.75) is 19.5 Å². The average molecular weight is 392 g/mol. The average Bonchev–Trinajstić information content (AvgIpc) is 2.97. The van der Waals surface area contributed by atoms with Crippen molar-refractivity contribution in [3.8, 4) is 11.5 Å². The molecular formula is C20H19F3N2O3. The van der Waals surface area contributed by atoms with E-state index < -0.39 is 30.5 Å². The van der Waals surface area contributed by atoms with Gasteiger partial charge in [-0.1, -0.05) is 29.8 Å². The summed E-state index contributed by atoms with van der Waals surface area (Å²) in [6.45, 7) is 0.344. The van der Waals surface area contributed by atoms with Gasteiger partial charge in [0.15, 0.2) is 5.75 Å². The van der Waals surface area contributed by atoms with Crippen LogP contribution in [-0.4, -0.2) is 36.0 Å². The van der Waals surface area contributed by atoms with Crippen molar-refractivity contribution in [3.05, 3.63) is 54.1 Å². The van der Waals surface area contributed by atoms with Crippen LogP contribution in [0.5, 0.6) is 11.5 Å². The van der Waals surface area contributed by atoms with E-state index >= 15 is 0 Å². The first-order valence-corrected chi connectivity index (χ1v) is 8.70. The van der Waals surface area contributed by atoms with E-state index in [9.17, 15) is 22.8 Å². The molecular weight excluding hydrogens is 373 g/mol. The molecule has 8 heteroatoms. The second-order valence-corrected chi connectivity index (χ2v) is 6.69. The molecule has 0 saturated carbocycles. The Balaban J connectivity index is 1.68. The molecule has 1 saturated heterocycles. The fourth-order valence-electron chi connectivity index (χ4n) is 2.94. The smallest absolute Gasteiger partial charge is 0.406 e. The number of anilines is 1. The van der Waals surface area contributed by atoms with Gasteiger partial charge in [0, 0.05) is 13.0 Å². The molecule has 2 amide bonds. The molecule has 1 heterocycles. The summed E-state index contributed by atoms with van der Waals surface area (Å²) in [5.74, 6) is -1.06. The Kier molecular flexibility index (Phi) is 5.58. The van der Waals surface area contributed by atoms with E-state index in [2.05, 4.69) is 5.32 Å². The van der Waals surface area contributed by atoms with Gasteiger partial charge in [0.2, 0.25) is 11.8 Å². The number of benzene rings is 2. The molecule has 1 unspecified atom stereocenters. The summed E-state index contributed by atoms with van der Waals surface area (Å²) in [7, 11) is 0. The van der Waals surface area contributed by atoms with Crippen molar-refractivity contribution in [2.24, 2.45) is 5.92 Å². The zero-order valence-corrected chi connectivity index (χ0v) is 15.1. The molecule has 0 radical (unpaired) electrons.